The smallest absolute Gasteiger partial charge is 0.0490 e. The Bertz CT molecular complexity index is 231. The number of likely N-dealkylation sites (N-methyl/N-ethyl adjacent to an activating group) is 1. The first-order chi connectivity index (χ1) is 6.86. The van der Waals surface area contributed by atoms with Crippen molar-refractivity contribution >= 4 is 0 Å². The molecule has 2 rings (SSSR count). The molecule has 1 aromatic rings. The highest BCUT2D eigenvalue weighted by Gasteiger charge is 2.19. The molecule has 2 heterocycles. The van der Waals surface area contributed by atoms with Crippen LogP contribution in [-0.2, 0) is 0 Å². The van der Waals surface area contributed by atoms with Crippen molar-refractivity contribution in [2.24, 2.45) is 0 Å². The lowest BCUT2D eigenvalue weighted by Crippen LogP contribution is -2.30. The number of hydrogen-bond donors (Lipinski definition) is 1. The molecule has 3 heteroatoms. The lowest BCUT2D eigenvalue weighted by atomic mass is 9.95. The molecule has 1 N–H and O–H groups in total. The summed E-state index contributed by atoms with van der Waals surface area (Å²) >= 11 is 0. The van der Waals surface area contributed by atoms with E-state index in [1.807, 2.05) is 20.0 Å². The molecule has 3 nitrogen and oxygen atoms in total. The van der Waals surface area contributed by atoms with Gasteiger partial charge in [-0.05, 0) is 32.5 Å². The molecule has 0 radical (unpaired) electrons. The summed E-state index contributed by atoms with van der Waals surface area (Å²) in [5.74, 6) is 0.672. The van der Waals surface area contributed by atoms with Gasteiger partial charge < -0.3 is 4.90 Å². The van der Waals surface area contributed by atoms with Crippen LogP contribution in [-0.4, -0.2) is 35.2 Å². The first-order valence-corrected chi connectivity index (χ1v) is 5.54. The minimum absolute atomic E-state index is 0.672. The van der Waals surface area contributed by atoms with Crippen molar-refractivity contribution in [3.8, 4) is 0 Å². The highest BCUT2D eigenvalue weighted by atomic mass is 15.1. The molecular weight excluding hydrogens is 174 g/mol. The zero-order valence-corrected chi connectivity index (χ0v) is 9.45. The summed E-state index contributed by atoms with van der Waals surface area (Å²) in [4.78, 5) is 2.38. The molecule has 1 aliphatic rings. The molecule has 1 unspecified atom stereocenters. The summed E-state index contributed by atoms with van der Waals surface area (Å²) < 4.78 is 0. The van der Waals surface area contributed by atoms with Crippen molar-refractivity contribution in [1.29, 1.82) is 0 Å². The van der Waals surface area contributed by atoms with E-state index in [0.717, 1.165) is 0 Å². The normalized spacial score (nSPS) is 22.6. The van der Waals surface area contributed by atoms with E-state index in [9.17, 15) is 0 Å². The SMILES string of the molecule is CC.CN1CCCC(c2ccn[nH]2)C1. The largest absolute Gasteiger partial charge is 0.306 e. The lowest BCUT2D eigenvalue weighted by molar-refractivity contribution is 0.248. The van der Waals surface area contributed by atoms with Crippen LogP contribution in [0, 0.1) is 0 Å². The Morgan fingerprint density at radius 1 is 1.50 bits per heavy atom. The highest BCUT2D eigenvalue weighted by Crippen LogP contribution is 2.23. The Morgan fingerprint density at radius 2 is 2.29 bits per heavy atom. The van der Waals surface area contributed by atoms with E-state index in [4.69, 9.17) is 0 Å². The first kappa shape index (κ1) is 11.2. The standard InChI is InChI=1S/C9H15N3.C2H6/c1-12-6-2-3-8(7-12)9-4-5-10-11-9;1-2/h4-5,8H,2-3,6-7H2,1H3,(H,10,11);1-2H3. The molecule has 1 saturated heterocycles. The highest BCUT2D eigenvalue weighted by molar-refractivity contribution is 5.07. The maximum atomic E-state index is 3.98. The van der Waals surface area contributed by atoms with Crippen LogP contribution < -0.4 is 0 Å². The fraction of sp³-hybridized carbons (Fsp3) is 0.727. The van der Waals surface area contributed by atoms with Gasteiger partial charge in [0.15, 0.2) is 0 Å². The summed E-state index contributed by atoms with van der Waals surface area (Å²) in [6.07, 6.45) is 4.44. The predicted molar refractivity (Wildman–Crippen MR) is 59.4 cm³/mol. The van der Waals surface area contributed by atoms with Crippen LogP contribution in [0.3, 0.4) is 0 Å². The van der Waals surface area contributed by atoms with Gasteiger partial charge in [-0.25, -0.2) is 0 Å². The summed E-state index contributed by atoms with van der Waals surface area (Å²) in [5, 5.41) is 7.03. The number of aromatic amines is 1. The fourth-order valence-corrected chi connectivity index (χ4v) is 1.91. The Balaban J connectivity index is 0.000000461. The molecule has 0 aromatic carbocycles. The van der Waals surface area contributed by atoms with Gasteiger partial charge in [0, 0.05) is 24.4 Å². The van der Waals surface area contributed by atoms with Gasteiger partial charge in [0.1, 0.15) is 0 Å². The molecule has 1 aromatic heterocycles. The van der Waals surface area contributed by atoms with E-state index in [1.54, 1.807) is 0 Å². The molecule has 14 heavy (non-hydrogen) atoms. The number of nitrogens with zero attached hydrogens (tertiary/aromatic N) is 2. The minimum atomic E-state index is 0.672. The van der Waals surface area contributed by atoms with Crippen LogP contribution in [0.5, 0.6) is 0 Å². The van der Waals surface area contributed by atoms with Crippen molar-refractivity contribution < 1.29 is 0 Å². The Morgan fingerprint density at radius 3 is 2.86 bits per heavy atom. The van der Waals surface area contributed by atoms with Gasteiger partial charge in [-0.1, -0.05) is 13.8 Å². The van der Waals surface area contributed by atoms with Crippen LogP contribution in [0.2, 0.25) is 0 Å². The number of rotatable bonds is 1. The fourth-order valence-electron chi connectivity index (χ4n) is 1.91. The van der Waals surface area contributed by atoms with Crippen LogP contribution in [0.15, 0.2) is 12.3 Å². The molecule has 0 aliphatic carbocycles. The maximum absolute atomic E-state index is 3.98. The Labute approximate surface area is 86.5 Å². The molecular formula is C11H21N3. The van der Waals surface area contributed by atoms with Crippen LogP contribution >= 0.6 is 0 Å². The molecule has 0 bridgehead atoms. The summed E-state index contributed by atoms with van der Waals surface area (Å²) in [6.45, 7) is 6.41. The molecule has 1 atom stereocenters. The van der Waals surface area contributed by atoms with Gasteiger partial charge in [0.25, 0.3) is 0 Å². The quantitative estimate of drug-likeness (QED) is 0.745. The van der Waals surface area contributed by atoms with Crippen molar-refractivity contribution in [1.82, 2.24) is 15.1 Å². The number of H-pyrrole nitrogens is 1. The number of hydrogen-bond acceptors (Lipinski definition) is 2. The first-order valence-electron chi connectivity index (χ1n) is 5.54. The summed E-state index contributed by atoms with van der Waals surface area (Å²) in [6, 6.07) is 2.09. The third kappa shape index (κ3) is 2.84. The van der Waals surface area contributed by atoms with Crippen LogP contribution in [0.1, 0.15) is 38.3 Å². The maximum Gasteiger partial charge on any atom is 0.0490 e. The average Bonchev–Trinajstić information content (AvgIpc) is 2.74. The van der Waals surface area contributed by atoms with Crippen LogP contribution in [0.4, 0.5) is 0 Å². The van der Waals surface area contributed by atoms with E-state index in [0.29, 0.717) is 5.92 Å². The molecule has 0 saturated carbocycles. The third-order valence-electron chi connectivity index (χ3n) is 2.59. The topological polar surface area (TPSA) is 31.9 Å². The van der Waals surface area contributed by atoms with E-state index in [-0.39, 0.29) is 0 Å². The third-order valence-corrected chi connectivity index (χ3v) is 2.59. The van der Waals surface area contributed by atoms with E-state index < -0.39 is 0 Å². The van der Waals surface area contributed by atoms with E-state index in [1.165, 1.54) is 31.6 Å². The molecule has 1 aliphatic heterocycles. The molecule has 1 fully saturated rings. The monoisotopic (exact) mass is 195 g/mol. The summed E-state index contributed by atoms with van der Waals surface area (Å²) in [5.41, 5.74) is 1.29. The number of nitrogens with one attached hydrogen (secondary N) is 1. The minimum Gasteiger partial charge on any atom is -0.306 e. The zero-order chi connectivity index (χ0) is 10.4. The second-order valence-corrected chi connectivity index (χ2v) is 3.61. The predicted octanol–water partition coefficient (Wildman–Crippen LogP) is 2.25. The lowest BCUT2D eigenvalue weighted by Gasteiger charge is -2.28. The Kier molecular flexibility index (Phi) is 4.66. The zero-order valence-electron chi connectivity index (χ0n) is 9.45. The van der Waals surface area contributed by atoms with Gasteiger partial charge in [0.2, 0.25) is 0 Å². The average molecular weight is 195 g/mol. The van der Waals surface area contributed by atoms with Crippen molar-refractivity contribution in [2.75, 3.05) is 20.1 Å². The van der Waals surface area contributed by atoms with Gasteiger partial charge in [-0.15, -0.1) is 0 Å². The van der Waals surface area contributed by atoms with Gasteiger partial charge in [0.05, 0.1) is 0 Å². The second kappa shape index (κ2) is 5.81. The second-order valence-electron chi connectivity index (χ2n) is 3.61. The summed E-state index contributed by atoms with van der Waals surface area (Å²) in [7, 11) is 2.18. The van der Waals surface area contributed by atoms with Crippen molar-refractivity contribution in [3.05, 3.63) is 18.0 Å². The van der Waals surface area contributed by atoms with Crippen molar-refractivity contribution in [3.63, 3.8) is 0 Å². The van der Waals surface area contributed by atoms with Crippen molar-refractivity contribution in [2.45, 2.75) is 32.6 Å². The molecule has 80 valence electrons. The molecule has 0 spiro atoms. The van der Waals surface area contributed by atoms with Gasteiger partial charge >= 0.3 is 0 Å². The molecule has 0 amide bonds. The van der Waals surface area contributed by atoms with E-state index >= 15 is 0 Å². The van der Waals surface area contributed by atoms with Gasteiger partial charge in [-0.2, -0.15) is 5.10 Å². The number of aromatic nitrogens is 2. The number of likely N-dealkylation sites (tertiary alicyclic amines) is 1. The number of piperidine rings is 1. The Hall–Kier alpha value is -0.830. The van der Waals surface area contributed by atoms with Crippen LogP contribution in [0.25, 0.3) is 0 Å². The van der Waals surface area contributed by atoms with Gasteiger partial charge in [-0.3, -0.25) is 5.10 Å². The van der Waals surface area contributed by atoms with E-state index in [2.05, 4.69) is 28.2 Å².